The maximum Gasteiger partial charge on any atom is 0.453 e. The number of hydrogen-bond acceptors (Lipinski definition) is 7. The Hall–Kier alpha value is -5.10. The van der Waals surface area contributed by atoms with Crippen LogP contribution in [-0.2, 0) is 6.18 Å². The summed E-state index contributed by atoms with van der Waals surface area (Å²) < 4.78 is 40.4. The molecule has 8 nitrogen and oxygen atoms in total. The Morgan fingerprint density at radius 2 is 0.941 bits per heavy atom. The number of halogens is 3. The molecule has 0 aliphatic carbocycles. The zero-order valence-electron chi connectivity index (χ0n) is 28.3. The number of nitrogens with zero attached hydrogens (tertiary/aromatic N) is 7. The van der Waals surface area contributed by atoms with Gasteiger partial charge < -0.3 is 10.2 Å². The molecule has 2 saturated heterocycles. The Bertz CT molecular complexity index is 1860. The van der Waals surface area contributed by atoms with Crippen LogP contribution in [0.1, 0.15) is 40.2 Å². The fourth-order valence-electron chi connectivity index (χ4n) is 7.04. The summed E-state index contributed by atoms with van der Waals surface area (Å²) in [7, 11) is 0. The van der Waals surface area contributed by atoms with Gasteiger partial charge in [0.05, 0.1) is 12.1 Å². The van der Waals surface area contributed by atoms with Crippen molar-refractivity contribution in [1.82, 2.24) is 34.9 Å². The van der Waals surface area contributed by atoms with Gasteiger partial charge in [0.2, 0.25) is 0 Å². The van der Waals surface area contributed by atoms with E-state index in [1.807, 2.05) is 41.3 Å². The lowest BCUT2D eigenvalue weighted by atomic mass is 9.96. The van der Waals surface area contributed by atoms with Crippen LogP contribution >= 0.6 is 0 Å². The molecule has 51 heavy (non-hydrogen) atoms. The van der Waals surface area contributed by atoms with Crippen LogP contribution in [0.15, 0.2) is 133 Å². The fraction of sp³-hybridized carbons (Fsp3) is 0.275. The van der Waals surface area contributed by atoms with E-state index >= 15 is 0 Å². The van der Waals surface area contributed by atoms with Crippen LogP contribution < -0.4 is 10.2 Å². The van der Waals surface area contributed by atoms with Gasteiger partial charge in [-0.3, -0.25) is 9.80 Å². The third-order valence-electron chi connectivity index (χ3n) is 9.48. The largest absolute Gasteiger partial charge is 0.453 e. The average molecular weight is 691 g/mol. The first kappa shape index (κ1) is 34.4. The molecule has 2 aliphatic rings. The summed E-state index contributed by atoms with van der Waals surface area (Å²) in [6.45, 7) is 7.18. The third kappa shape index (κ3) is 8.12. The molecular weight excluding hydrogens is 649 g/mol. The van der Waals surface area contributed by atoms with Crippen molar-refractivity contribution >= 4 is 11.5 Å². The van der Waals surface area contributed by atoms with Gasteiger partial charge in [-0.05, 0) is 34.4 Å². The molecule has 0 amide bonds. The molecule has 0 radical (unpaired) electrons. The highest BCUT2D eigenvalue weighted by atomic mass is 19.4. The highest BCUT2D eigenvalue weighted by molar-refractivity contribution is 5.46. The predicted molar refractivity (Wildman–Crippen MR) is 193 cm³/mol. The van der Waals surface area contributed by atoms with Gasteiger partial charge in [0.15, 0.2) is 5.65 Å². The summed E-state index contributed by atoms with van der Waals surface area (Å²) in [5, 5.41) is 14.5. The zero-order chi connectivity index (χ0) is 35.0. The molecule has 0 atom stereocenters. The molecule has 2 aliphatic heterocycles. The maximum absolute atomic E-state index is 13.2. The van der Waals surface area contributed by atoms with Crippen molar-refractivity contribution in [3.8, 4) is 0 Å². The number of hydrogen-bond donors (Lipinski definition) is 1. The molecule has 11 heteroatoms. The lowest BCUT2D eigenvalue weighted by molar-refractivity contribution is -0.146. The van der Waals surface area contributed by atoms with Crippen molar-refractivity contribution in [2.24, 2.45) is 0 Å². The van der Waals surface area contributed by atoms with E-state index in [9.17, 15) is 13.2 Å². The highest BCUT2D eigenvalue weighted by Gasteiger charge is 2.38. The lowest BCUT2D eigenvalue weighted by Crippen LogP contribution is -2.48. The number of nitrogens with one attached hydrogen (secondary N) is 1. The number of rotatable bonds is 7. The number of fused-ring (bicyclic) bond motifs is 1. The van der Waals surface area contributed by atoms with E-state index in [0.29, 0.717) is 24.9 Å². The molecule has 262 valence electrons. The first-order valence-electron chi connectivity index (χ1n) is 17.4. The van der Waals surface area contributed by atoms with Crippen LogP contribution in [0.25, 0.3) is 5.65 Å². The van der Waals surface area contributed by atoms with Crippen LogP contribution in [0.2, 0.25) is 0 Å². The molecular formula is C40H41F3N8. The molecule has 0 unspecified atom stereocenters. The first-order valence-corrected chi connectivity index (χ1v) is 17.4. The van der Waals surface area contributed by atoms with Gasteiger partial charge in [-0.1, -0.05) is 121 Å². The highest BCUT2D eigenvalue weighted by Crippen LogP contribution is 2.32. The SMILES string of the molecule is FC(F)(F)c1nnc2ccc(N3CCN(C(c4ccccc4)c4ccccc4)CC3)nn12.c1ccc(C(c2ccccc2)N2CCNCC2)cc1. The predicted octanol–water partition coefficient (Wildman–Crippen LogP) is 6.74. The minimum absolute atomic E-state index is 0.0768. The molecule has 8 rings (SSSR count). The molecule has 0 saturated carbocycles. The maximum atomic E-state index is 13.2. The Morgan fingerprint density at radius 3 is 1.37 bits per heavy atom. The first-order chi connectivity index (χ1) is 25.0. The second-order valence-electron chi connectivity index (χ2n) is 12.7. The second-order valence-corrected chi connectivity index (χ2v) is 12.7. The molecule has 1 N–H and O–H groups in total. The number of aromatic nitrogens is 4. The van der Waals surface area contributed by atoms with Gasteiger partial charge in [-0.15, -0.1) is 15.3 Å². The lowest BCUT2D eigenvalue weighted by Gasteiger charge is -2.40. The third-order valence-corrected chi connectivity index (χ3v) is 9.48. The van der Waals surface area contributed by atoms with E-state index in [4.69, 9.17) is 0 Å². The normalized spacial score (nSPS) is 16.0. The van der Waals surface area contributed by atoms with Gasteiger partial charge in [0.25, 0.3) is 5.82 Å². The van der Waals surface area contributed by atoms with Gasteiger partial charge in [-0.2, -0.15) is 17.7 Å². The topological polar surface area (TPSA) is 64.8 Å². The summed E-state index contributed by atoms with van der Waals surface area (Å²) in [5.74, 6) is -0.625. The Morgan fingerprint density at radius 1 is 0.510 bits per heavy atom. The van der Waals surface area contributed by atoms with Gasteiger partial charge in [0, 0.05) is 52.4 Å². The summed E-state index contributed by atoms with van der Waals surface area (Å²) >= 11 is 0. The van der Waals surface area contributed by atoms with Crippen molar-refractivity contribution < 1.29 is 13.2 Å². The molecule has 4 aromatic carbocycles. The Balaban J connectivity index is 0.000000182. The van der Waals surface area contributed by atoms with E-state index in [1.165, 1.54) is 28.3 Å². The van der Waals surface area contributed by atoms with Gasteiger partial charge in [-0.25, -0.2) is 0 Å². The van der Waals surface area contributed by atoms with Gasteiger partial charge >= 0.3 is 6.18 Å². The van der Waals surface area contributed by atoms with Crippen LogP contribution in [0.3, 0.4) is 0 Å². The number of alkyl halides is 3. The molecule has 2 aromatic heterocycles. The van der Waals surface area contributed by atoms with E-state index < -0.39 is 12.0 Å². The summed E-state index contributed by atoms with van der Waals surface area (Å²) in [5.41, 5.74) is 5.27. The van der Waals surface area contributed by atoms with Crippen molar-refractivity contribution in [2.45, 2.75) is 18.3 Å². The number of anilines is 1. The van der Waals surface area contributed by atoms with Crippen LogP contribution in [0.4, 0.5) is 19.0 Å². The van der Waals surface area contributed by atoms with E-state index in [1.54, 1.807) is 6.07 Å². The monoisotopic (exact) mass is 690 g/mol. The summed E-state index contributed by atoms with van der Waals surface area (Å²) in [4.78, 5) is 6.98. The minimum atomic E-state index is -4.61. The Kier molecular flexibility index (Phi) is 10.7. The summed E-state index contributed by atoms with van der Waals surface area (Å²) in [6.07, 6.45) is -4.61. The average Bonchev–Trinajstić information content (AvgIpc) is 3.63. The minimum Gasteiger partial charge on any atom is -0.353 e. The van der Waals surface area contributed by atoms with Crippen LogP contribution in [0.5, 0.6) is 0 Å². The van der Waals surface area contributed by atoms with Crippen LogP contribution in [0, 0.1) is 0 Å². The van der Waals surface area contributed by atoms with Crippen molar-refractivity contribution in [2.75, 3.05) is 57.3 Å². The van der Waals surface area contributed by atoms with Crippen molar-refractivity contribution in [3.05, 3.63) is 162 Å². The zero-order valence-corrected chi connectivity index (χ0v) is 28.3. The summed E-state index contributed by atoms with van der Waals surface area (Å²) in [6, 6.07) is 46.0. The van der Waals surface area contributed by atoms with Gasteiger partial charge in [0.1, 0.15) is 5.82 Å². The standard InChI is InChI=1S/C23H21F3N6.C17H20N2/c24-23(25,26)22-28-27-19-11-12-20(29-32(19)22)30-13-15-31(16-14-30)21(17-7-3-1-4-8-17)18-9-5-2-6-10-18;1-3-7-15(8-4-1)17(16-9-5-2-6-10-16)19-13-11-18-12-14-19/h1-12,21H,13-16H2;1-10,17-18H,11-14H2. The molecule has 6 aromatic rings. The molecule has 2 fully saturated rings. The van der Waals surface area contributed by atoms with E-state index in [2.05, 4.69) is 115 Å². The van der Waals surface area contributed by atoms with E-state index in [-0.39, 0.29) is 11.7 Å². The van der Waals surface area contributed by atoms with Crippen molar-refractivity contribution in [1.29, 1.82) is 0 Å². The van der Waals surface area contributed by atoms with E-state index in [0.717, 1.165) is 43.8 Å². The number of benzene rings is 4. The molecule has 0 spiro atoms. The van der Waals surface area contributed by atoms with Crippen molar-refractivity contribution in [3.63, 3.8) is 0 Å². The Labute approximate surface area is 296 Å². The smallest absolute Gasteiger partial charge is 0.353 e. The fourth-order valence-corrected chi connectivity index (χ4v) is 7.04. The second kappa shape index (κ2) is 15.8. The molecule has 0 bridgehead atoms. The van der Waals surface area contributed by atoms with Crippen LogP contribution in [-0.4, -0.2) is 82.0 Å². The molecule has 4 heterocycles. The number of piperazine rings is 2. The quantitative estimate of drug-likeness (QED) is 0.199.